The highest BCUT2D eigenvalue weighted by molar-refractivity contribution is 7.22. The lowest BCUT2D eigenvalue weighted by Crippen LogP contribution is -2.56. The van der Waals surface area contributed by atoms with E-state index in [1.165, 1.54) is 41.2 Å². The molecular formula is C27H28F2N4O3S2. The van der Waals surface area contributed by atoms with Crippen molar-refractivity contribution in [3.05, 3.63) is 59.6 Å². The molecule has 2 atom stereocenters. The SMILES string of the molecule is CCOC(=O)C(F)(F)Oc1ccc(-c2nccs2)c2nc(N3C[C@@H](C)N(Cc4ccccc4)[C@@H](C)C3)sc12. The van der Waals surface area contributed by atoms with Crippen LogP contribution < -0.4 is 9.64 Å². The molecule has 1 fully saturated rings. The molecule has 200 valence electrons. The van der Waals surface area contributed by atoms with Gasteiger partial charge in [0, 0.05) is 48.9 Å². The zero-order valence-electron chi connectivity index (χ0n) is 21.3. The first-order valence-electron chi connectivity index (χ1n) is 12.4. The van der Waals surface area contributed by atoms with Crippen molar-refractivity contribution in [1.29, 1.82) is 0 Å². The summed E-state index contributed by atoms with van der Waals surface area (Å²) in [4.78, 5) is 25.8. The highest BCUT2D eigenvalue weighted by atomic mass is 32.1. The van der Waals surface area contributed by atoms with Crippen molar-refractivity contribution in [2.24, 2.45) is 0 Å². The number of rotatable bonds is 8. The van der Waals surface area contributed by atoms with Gasteiger partial charge in [-0.15, -0.1) is 11.3 Å². The molecule has 1 saturated heterocycles. The van der Waals surface area contributed by atoms with E-state index in [0.29, 0.717) is 15.3 Å². The molecule has 2 aromatic heterocycles. The minimum atomic E-state index is -4.12. The van der Waals surface area contributed by atoms with E-state index in [4.69, 9.17) is 9.72 Å². The monoisotopic (exact) mass is 558 g/mol. The minimum absolute atomic E-state index is 0.120. The molecule has 4 aromatic rings. The molecule has 1 aliphatic heterocycles. The van der Waals surface area contributed by atoms with Gasteiger partial charge in [-0.2, -0.15) is 8.78 Å². The maximum atomic E-state index is 14.5. The number of thiazole rings is 2. The summed E-state index contributed by atoms with van der Waals surface area (Å²) in [6.07, 6.45) is -2.43. The second kappa shape index (κ2) is 10.9. The fraction of sp³-hybridized carbons (Fsp3) is 0.370. The third-order valence-corrected chi connectivity index (χ3v) is 8.43. The van der Waals surface area contributed by atoms with E-state index < -0.39 is 12.1 Å². The number of alkyl halides is 2. The molecule has 0 spiro atoms. The standard InChI is InChI=1S/C27H28F2N4O3S2/c1-4-35-25(34)27(28,29)36-21-11-10-20(24-30-12-13-37-24)22-23(21)38-26(31-22)32-14-17(2)33(18(3)15-32)16-19-8-6-5-7-9-19/h5-13,17-18H,4,14-16H2,1-3H3/t17-,18+. The summed E-state index contributed by atoms with van der Waals surface area (Å²) < 4.78 is 39.0. The molecule has 5 rings (SSSR count). The van der Waals surface area contributed by atoms with Crippen LogP contribution in [0.15, 0.2) is 54.0 Å². The van der Waals surface area contributed by atoms with Crippen LogP contribution >= 0.6 is 22.7 Å². The lowest BCUT2D eigenvalue weighted by Gasteiger charge is -2.44. The maximum Gasteiger partial charge on any atom is 0.502 e. The summed E-state index contributed by atoms with van der Waals surface area (Å²) in [6, 6.07) is 14.0. The third kappa shape index (κ3) is 5.36. The maximum absolute atomic E-state index is 14.5. The molecule has 38 heavy (non-hydrogen) atoms. The predicted octanol–water partition coefficient (Wildman–Crippen LogP) is 6.05. The molecule has 0 saturated carbocycles. The molecule has 0 amide bonds. The van der Waals surface area contributed by atoms with Gasteiger partial charge in [-0.1, -0.05) is 41.7 Å². The first-order valence-corrected chi connectivity index (χ1v) is 14.1. The molecule has 11 heteroatoms. The van der Waals surface area contributed by atoms with E-state index >= 15 is 0 Å². The van der Waals surface area contributed by atoms with Crippen molar-refractivity contribution in [1.82, 2.24) is 14.9 Å². The van der Waals surface area contributed by atoms with Crippen LogP contribution in [0.1, 0.15) is 26.3 Å². The van der Waals surface area contributed by atoms with Crippen molar-refractivity contribution < 1.29 is 23.0 Å². The largest absolute Gasteiger partial charge is 0.502 e. The van der Waals surface area contributed by atoms with Crippen molar-refractivity contribution in [2.45, 2.75) is 45.5 Å². The number of nitrogens with zero attached hydrogens (tertiary/aromatic N) is 4. The molecule has 3 heterocycles. The van der Waals surface area contributed by atoms with Gasteiger partial charge in [-0.3, -0.25) is 4.90 Å². The summed E-state index contributed by atoms with van der Waals surface area (Å²) in [5.74, 6) is -1.84. The topological polar surface area (TPSA) is 67.8 Å². The van der Waals surface area contributed by atoms with Crippen LogP contribution in [-0.4, -0.2) is 58.7 Å². The van der Waals surface area contributed by atoms with E-state index in [2.05, 4.69) is 45.5 Å². The Hall–Kier alpha value is -3.15. The highest BCUT2D eigenvalue weighted by Crippen LogP contribution is 2.43. The van der Waals surface area contributed by atoms with Crippen molar-refractivity contribution in [3.63, 3.8) is 0 Å². The van der Waals surface area contributed by atoms with Gasteiger partial charge < -0.3 is 14.4 Å². The summed E-state index contributed by atoms with van der Waals surface area (Å²) in [5.41, 5.74) is 2.51. The third-order valence-electron chi connectivity index (χ3n) is 6.49. The number of ether oxygens (including phenoxy) is 2. The van der Waals surface area contributed by atoms with Gasteiger partial charge in [0.15, 0.2) is 5.13 Å². The Morgan fingerprint density at radius 1 is 1.13 bits per heavy atom. The highest BCUT2D eigenvalue weighted by Gasteiger charge is 2.45. The van der Waals surface area contributed by atoms with E-state index in [9.17, 15) is 13.6 Å². The van der Waals surface area contributed by atoms with Crippen LogP contribution in [0.25, 0.3) is 20.8 Å². The smallest absolute Gasteiger partial charge is 0.459 e. The summed E-state index contributed by atoms with van der Waals surface area (Å²) in [6.45, 7) is 7.99. The lowest BCUT2D eigenvalue weighted by atomic mass is 10.1. The fourth-order valence-electron chi connectivity index (χ4n) is 4.73. The molecule has 2 aromatic carbocycles. The van der Waals surface area contributed by atoms with Gasteiger partial charge in [-0.05, 0) is 38.5 Å². The normalized spacial score (nSPS) is 18.6. The summed E-state index contributed by atoms with van der Waals surface area (Å²) in [7, 11) is 0. The van der Waals surface area contributed by atoms with Gasteiger partial charge in [0.25, 0.3) is 0 Å². The van der Waals surface area contributed by atoms with Crippen molar-refractivity contribution in [3.8, 4) is 16.3 Å². The average molecular weight is 559 g/mol. The minimum Gasteiger partial charge on any atom is -0.459 e. The Bertz CT molecular complexity index is 1390. The Morgan fingerprint density at radius 3 is 2.53 bits per heavy atom. The zero-order chi connectivity index (χ0) is 26.9. The Balaban J connectivity index is 1.47. The number of fused-ring (bicyclic) bond motifs is 1. The second-order valence-corrected chi connectivity index (χ2v) is 11.1. The lowest BCUT2D eigenvalue weighted by molar-refractivity contribution is -0.216. The number of carbonyl (C=O) groups excluding carboxylic acids is 1. The number of benzene rings is 2. The van der Waals surface area contributed by atoms with Gasteiger partial charge in [-0.25, -0.2) is 14.8 Å². The number of esters is 1. The molecule has 0 N–H and O–H groups in total. The van der Waals surface area contributed by atoms with Crippen molar-refractivity contribution in [2.75, 3.05) is 24.6 Å². The van der Waals surface area contributed by atoms with Gasteiger partial charge in [0.05, 0.1) is 16.8 Å². The first-order chi connectivity index (χ1) is 18.3. The van der Waals surface area contributed by atoms with Gasteiger partial charge >= 0.3 is 12.1 Å². The van der Waals surface area contributed by atoms with E-state index in [0.717, 1.165) is 30.2 Å². The Morgan fingerprint density at radius 2 is 1.87 bits per heavy atom. The molecule has 0 radical (unpaired) electrons. The number of piperazine rings is 1. The summed E-state index contributed by atoms with van der Waals surface area (Å²) in [5, 5.41) is 3.29. The Labute approximate surface area is 227 Å². The van der Waals surface area contributed by atoms with Crippen LogP contribution in [-0.2, 0) is 16.1 Å². The molecule has 0 bridgehead atoms. The number of anilines is 1. The number of halogens is 2. The first kappa shape index (κ1) is 26.5. The van der Waals surface area contributed by atoms with Gasteiger partial charge in [0.1, 0.15) is 10.8 Å². The molecule has 0 unspecified atom stereocenters. The number of aromatic nitrogens is 2. The predicted molar refractivity (Wildman–Crippen MR) is 146 cm³/mol. The molecule has 7 nitrogen and oxygen atoms in total. The Kier molecular flexibility index (Phi) is 7.60. The molecule has 0 aliphatic carbocycles. The average Bonchev–Trinajstić information content (AvgIpc) is 3.58. The van der Waals surface area contributed by atoms with E-state index in [1.54, 1.807) is 12.3 Å². The van der Waals surface area contributed by atoms with Gasteiger partial charge in [0.2, 0.25) is 0 Å². The number of hydrogen-bond acceptors (Lipinski definition) is 9. The van der Waals surface area contributed by atoms with Crippen LogP contribution in [0.4, 0.5) is 13.9 Å². The molecule has 1 aliphatic rings. The zero-order valence-corrected chi connectivity index (χ0v) is 22.9. The van der Waals surface area contributed by atoms with Crippen LogP contribution in [0.2, 0.25) is 0 Å². The number of hydrogen-bond donors (Lipinski definition) is 0. The summed E-state index contributed by atoms with van der Waals surface area (Å²) >= 11 is 2.72. The fourth-order valence-corrected chi connectivity index (χ4v) is 6.45. The van der Waals surface area contributed by atoms with Crippen LogP contribution in [0, 0.1) is 0 Å². The molecular weight excluding hydrogens is 530 g/mol. The van der Waals surface area contributed by atoms with Crippen LogP contribution in [0.5, 0.6) is 5.75 Å². The quantitative estimate of drug-likeness (QED) is 0.244. The van der Waals surface area contributed by atoms with Crippen LogP contribution in [0.3, 0.4) is 0 Å². The second-order valence-electron chi connectivity index (χ2n) is 9.22. The van der Waals surface area contributed by atoms with E-state index in [1.807, 2.05) is 23.6 Å². The number of carbonyl (C=O) groups is 1. The van der Waals surface area contributed by atoms with E-state index in [-0.39, 0.29) is 24.4 Å². The van der Waals surface area contributed by atoms with Crippen molar-refractivity contribution >= 4 is 44.0 Å².